The first-order chi connectivity index (χ1) is 7.56. The number of hydrogen-bond donors (Lipinski definition) is 2. The first-order valence-corrected chi connectivity index (χ1v) is 5.57. The number of amides is 1. The Kier molecular flexibility index (Phi) is 4.49. The zero-order chi connectivity index (χ0) is 12.1. The Hall–Kier alpha value is -1.36. The van der Waals surface area contributed by atoms with Crippen LogP contribution in [0.2, 0.25) is 0 Å². The van der Waals surface area contributed by atoms with Gasteiger partial charge >= 0.3 is 0 Å². The third kappa shape index (κ3) is 3.34. The molecule has 0 saturated carbocycles. The van der Waals surface area contributed by atoms with Crippen LogP contribution in [-0.2, 0) is 11.8 Å². The number of carbonyl (C=O) groups excluding carboxylic acids is 1. The van der Waals surface area contributed by atoms with Crippen molar-refractivity contribution in [1.29, 1.82) is 0 Å². The minimum atomic E-state index is 0.00778. The van der Waals surface area contributed by atoms with Gasteiger partial charge in [0.05, 0.1) is 11.4 Å². The molecule has 0 radical (unpaired) electrons. The topological polar surface area (TPSA) is 72.9 Å². The molecule has 1 unspecified atom stereocenters. The minimum absolute atomic E-state index is 0.00778. The molecule has 0 fully saturated rings. The van der Waals surface area contributed by atoms with E-state index in [0.29, 0.717) is 13.0 Å². The van der Waals surface area contributed by atoms with Gasteiger partial charge in [0, 0.05) is 19.7 Å². The smallest absolute Gasteiger partial charge is 0.224 e. The van der Waals surface area contributed by atoms with E-state index in [1.54, 1.807) is 10.9 Å². The average Bonchev–Trinajstić information content (AvgIpc) is 2.54. The summed E-state index contributed by atoms with van der Waals surface area (Å²) in [5.41, 5.74) is 7.17. The van der Waals surface area contributed by atoms with Crippen molar-refractivity contribution in [2.45, 2.75) is 26.7 Å². The van der Waals surface area contributed by atoms with Gasteiger partial charge in [-0.05, 0) is 19.4 Å². The Bertz CT molecular complexity index is 355. The van der Waals surface area contributed by atoms with Crippen molar-refractivity contribution in [2.24, 2.45) is 18.7 Å². The van der Waals surface area contributed by atoms with Gasteiger partial charge < -0.3 is 11.1 Å². The highest BCUT2D eigenvalue weighted by atomic mass is 16.1. The fourth-order valence-electron chi connectivity index (χ4n) is 1.58. The Morgan fingerprint density at radius 2 is 2.38 bits per heavy atom. The van der Waals surface area contributed by atoms with Gasteiger partial charge in [-0.2, -0.15) is 5.10 Å². The van der Waals surface area contributed by atoms with Gasteiger partial charge in [-0.25, -0.2) is 0 Å². The lowest BCUT2D eigenvalue weighted by Crippen LogP contribution is -2.21. The number of aromatic nitrogens is 2. The van der Waals surface area contributed by atoms with Crippen LogP contribution in [0.4, 0.5) is 5.69 Å². The summed E-state index contributed by atoms with van der Waals surface area (Å²) in [5.74, 6) is 0.269. The second-order valence-electron chi connectivity index (χ2n) is 4.06. The lowest BCUT2D eigenvalue weighted by atomic mass is 10.0. The van der Waals surface area contributed by atoms with Crippen molar-refractivity contribution in [3.63, 3.8) is 0 Å². The van der Waals surface area contributed by atoms with Crippen LogP contribution < -0.4 is 11.1 Å². The predicted octanol–water partition coefficient (Wildman–Crippen LogP) is 1.04. The van der Waals surface area contributed by atoms with Crippen LogP contribution in [-0.4, -0.2) is 22.2 Å². The molecule has 0 aromatic carbocycles. The zero-order valence-corrected chi connectivity index (χ0v) is 10.2. The lowest BCUT2D eigenvalue weighted by molar-refractivity contribution is -0.117. The molecule has 90 valence electrons. The SMILES string of the molecule is CCC(CN)CC(=O)Nc1cn(C)nc1C. The normalized spacial score (nSPS) is 12.5. The molecule has 0 bridgehead atoms. The van der Waals surface area contributed by atoms with Crippen LogP contribution in [0.5, 0.6) is 0 Å². The molecule has 0 aliphatic heterocycles. The summed E-state index contributed by atoms with van der Waals surface area (Å²) in [6.07, 6.45) is 3.20. The van der Waals surface area contributed by atoms with Crippen LogP contribution in [0.1, 0.15) is 25.5 Å². The summed E-state index contributed by atoms with van der Waals surface area (Å²) < 4.78 is 1.69. The highest BCUT2D eigenvalue weighted by Crippen LogP contribution is 2.13. The van der Waals surface area contributed by atoms with E-state index in [9.17, 15) is 4.79 Å². The fourth-order valence-corrected chi connectivity index (χ4v) is 1.58. The highest BCUT2D eigenvalue weighted by Gasteiger charge is 2.12. The molecule has 1 aromatic heterocycles. The quantitative estimate of drug-likeness (QED) is 0.785. The van der Waals surface area contributed by atoms with Gasteiger partial charge in [0.2, 0.25) is 5.91 Å². The van der Waals surface area contributed by atoms with E-state index in [-0.39, 0.29) is 11.8 Å². The molecule has 0 aliphatic carbocycles. The molecule has 1 atom stereocenters. The van der Waals surface area contributed by atoms with Gasteiger partial charge in [-0.1, -0.05) is 13.3 Å². The Balaban J connectivity index is 2.54. The summed E-state index contributed by atoms with van der Waals surface area (Å²) in [7, 11) is 1.83. The third-order valence-electron chi connectivity index (χ3n) is 2.67. The number of anilines is 1. The second kappa shape index (κ2) is 5.65. The molecular weight excluding hydrogens is 204 g/mol. The number of hydrogen-bond acceptors (Lipinski definition) is 3. The Morgan fingerprint density at radius 1 is 1.69 bits per heavy atom. The van der Waals surface area contributed by atoms with Gasteiger partial charge in [0.1, 0.15) is 0 Å². The summed E-state index contributed by atoms with van der Waals surface area (Å²) >= 11 is 0. The van der Waals surface area contributed by atoms with Gasteiger partial charge in [-0.3, -0.25) is 9.48 Å². The van der Waals surface area contributed by atoms with E-state index in [2.05, 4.69) is 10.4 Å². The Labute approximate surface area is 96.0 Å². The number of nitrogens with two attached hydrogens (primary N) is 1. The first-order valence-electron chi connectivity index (χ1n) is 5.57. The van der Waals surface area contributed by atoms with Crippen molar-refractivity contribution in [2.75, 3.05) is 11.9 Å². The predicted molar refractivity (Wildman–Crippen MR) is 64.0 cm³/mol. The van der Waals surface area contributed by atoms with Crippen LogP contribution in [0.15, 0.2) is 6.20 Å². The van der Waals surface area contributed by atoms with Gasteiger partial charge in [0.15, 0.2) is 0 Å². The van der Waals surface area contributed by atoms with Gasteiger partial charge in [0.25, 0.3) is 0 Å². The maximum atomic E-state index is 11.7. The van der Waals surface area contributed by atoms with E-state index in [1.807, 2.05) is 20.9 Å². The summed E-state index contributed by atoms with van der Waals surface area (Å²) in [5, 5.41) is 7.01. The molecule has 1 aromatic rings. The van der Waals surface area contributed by atoms with Crippen molar-refractivity contribution in [1.82, 2.24) is 9.78 Å². The van der Waals surface area contributed by atoms with Crippen LogP contribution in [0.25, 0.3) is 0 Å². The van der Waals surface area contributed by atoms with Crippen LogP contribution in [0.3, 0.4) is 0 Å². The number of rotatable bonds is 5. The highest BCUT2D eigenvalue weighted by molar-refractivity contribution is 5.91. The number of aryl methyl sites for hydroxylation is 2. The van der Waals surface area contributed by atoms with Crippen molar-refractivity contribution >= 4 is 11.6 Å². The molecule has 5 nitrogen and oxygen atoms in total. The Morgan fingerprint density at radius 3 is 2.81 bits per heavy atom. The minimum Gasteiger partial charge on any atom is -0.330 e. The van der Waals surface area contributed by atoms with Crippen molar-refractivity contribution in [3.8, 4) is 0 Å². The number of carbonyl (C=O) groups is 1. The molecule has 0 spiro atoms. The second-order valence-corrected chi connectivity index (χ2v) is 4.06. The fraction of sp³-hybridized carbons (Fsp3) is 0.636. The maximum Gasteiger partial charge on any atom is 0.224 e. The molecule has 16 heavy (non-hydrogen) atoms. The van der Waals surface area contributed by atoms with Crippen LogP contribution in [0, 0.1) is 12.8 Å². The monoisotopic (exact) mass is 224 g/mol. The summed E-state index contributed by atoms with van der Waals surface area (Å²) in [6.45, 7) is 4.46. The molecule has 5 heteroatoms. The molecule has 1 heterocycles. The van der Waals surface area contributed by atoms with E-state index >= 15 is 0 Å². The number of nitrogens with zero attached hydrogens (tertiary/aromatic N) is 2. The van der Waals surface area contributed by atoms with E-state index in [0.717, 1.165) is 17.8 Å². The van der Waals surface area contributed by atoms with Crippen molar-refractivity contribution < 1.29 is 4.79 Å². The summed E-state index contributed by atoms with van der Waals surface area (Å²) in [4.78, 5) is 11.7. The summed E-state index contributed by atoms with van der Waals surface area (Å²) in [6, 6.07) is 0. The number of nitrogens with one attached hydrogen (secondary N) is 1. The molecule has 1 amide bonds. The molecule has 1 rings (SSSR count). The standard InChI is InChI=1S/C11H20N4O/c1-4-9(6-12)5-11(16)13-10-7-15(3)14-8(10)2/h7,9H,4-6,12H2,1-3H3,(H,13,16). The van der Waals surface area contributed by atoms with Crippen molar-refractivity contribution in [3.05, 3.63) is 11.9 Å². The van der Waals surface area contributed by atoms with E-state index < -0.39 is 0 Å². The lowest BCUT2D eigenvalue weighted by Gasteiger charge is -2.11. The zero-order valence-electron chi connectivity index (χ0n) is 10.2. The third-order valence-corrected chi connectivity index (χ3v) is 2.67. The molecule has 0 saturated heterocycles. The maximum absolute atomic E-state index is 11.7. The van der Waals surface area contributed by atoms with Crippen LogP contribution >= 0.6 is 0 Å². The molecule has 3 N–H and O–H groups in total. The molecular formula is C11H20N4O. The largest absolute Gasteiger partial charge is 0.330 e. The van der Waals surface area contributed by atoms with Gasteiger partial charge in [-0.15, -0.1) is 0 Å². The molecule has 0 aliphatic rings. The average molecular weight is 224 g/mol. The first kappa shape index (κ1) is 12.7. The van der Waals surface area contributed by atoms with E-state index in [4.69, 9.17) is 5.73 Å². The van der Waals surface area contributed by atoms with E-state index in [1.165, 1.54) is 0 Å².